The van der Waals surface area contributed by atoms with Gasteiger partial charge in [-0.05, 0) is 30.9 Å². The van der Waals surface area contributed by atoms with Crippen molar-refractivity contribution in [2.45, 2.75) is 31.9 Å². The van der Waals surface area contributed by atoms with E-state index < -0.39 is 0 Å². The number of nitrogens with one attached hydrogen (secondary N) is 1. The van der Waals surface area contributed by atoms with Crippen LogP contribution in [0.2, 0.25) is 0 Å². The molecule has 0 amide bonds. The average molecular weight is 323 g/mol. The van der Waals surface area contributed by atoms with Gasteiger partial charge in [0.15, 0.2) is 0 Å². The van der Waals surface area contributed by atoms with Crippen molar-refractivity contribution in [3.05, 3.63) is 23.7 Å². The summed E-state index contributed by atoms with van der Waals surface area (Å²) in [5, 5.41) is 12.5. The predicted molar refractivity (Wildman–Crippen MR) is 83.7 cm³/mol. The Kier molecular flexibility index (Phi) is 7.34. The van der Waals surface area contributed by atoms with E-state index in [9.17, 15) is 0 Å². The molecule has 0 radical (unpaired) electrons. The summed E-state index contributed by atoms with van der Waals surface area (Å²) >= 11 is 0. The van der Waals surface area contributed by atoms with Gasteiger partial charge in [0, 0.05) is 26.2 Å². The second-order valence-corrected chi connectivity index (χ2v) is 5.38. The van der Waals surface area contributed by atoms with Crippen molar-refractivity contribution in [1.82, 2.24) is 10.2 Å². The molecular formula is C14H24Cl2N2O2. The number of halogens is 2. The van der Waals surface area contributed by atoms with Gasteiger partial charge in [-0.2, -0.15) is 0 Å². The zero-order chi connectivity index (χ0) is 12.4. The molecule has 0 unspecified atom stereocenters. The zero-order valence-electron chi connectivity index (χ0n) is 11.6. The maximum atomic E-state index is 9.14. The minimum absolute atomic E-state index is 0. The number of rotatable bonds is 4. The van der Waals surface area contributed by atoms with Gasteiger partial charge in [-0.3, -0.25) is 4.90 Å². The van der Waals surface area contributed by atoms with Gasteiger partial charge >= 0.3 is 0 Å². The van der Waals surface area contributed by atoms with E-state index in [0.29, 0.717) is 11.8 Å². The number of aliphatic hydroxyl groups excluding tert-OH is 1. The van der Waals surface area contributed by atoms with Gasteiger partial charge in [-0.15, -0.1) is 24.8 Å². The molecule has 2 heterocycles. The summed E-state index contributed by atoms with van der Waals surface area (Å²) in [6.45, 7) is 4.32. The van der Waals surface area contributed by atoms with Crippen LogP contribution in [0.25, 0.3) is 0 Å². The first-order chi connectivity index (χ1) is 8.88. The summed E-state index contributed by atoms with van der Waals surface area (Å²) in [5.74, 6) is 2.47. The van der Waals surface area contributed by atoms with E-state index in [-0.39, 0.29) is 31.4 Å². The Labute approximate surface area is 132 Å². The van der Waals surface area contributed by atoms with Gasteiger partial charge in [0.1, 0.15) is 18.1 Å². The Morgan fingerprint density at radius 1 is 1.25 bits per heavy atom. The van der Waals surface area contributed by atoms with Crippen molar-refractivity contribution < 1.29 is 9.52 Å². The summed E-state index contributed by atoms with van der Waals surface area (Å²) < 4.78 is 5.79. The Hall–Kier alpha value is -0.260. The number of hydrogen-bond donors (Lipinski definition) is 2. The average Bonchev–Trinajstić information content (AvgIpc) is 2.83. The van der Waals surface area contributed by atoms with Gasteiger partial charge in [-0.1, -0.05) is 6.42 Å². The van der Waals surface area contributed by atoms with Crippen LogP contribution in [0.15, 0.2) is 16.5 Å². The van der Waals surface area contributed by atoms with Crippen molar-refractivity contribution in [3.8, 4) is 0 Å². The summed E-state index contributed by atoms with van der Waals surface area (Å²) in [6.07, 6.45) is 3.97. The molecule has 1 saturated carbocycles. The monoisotopic (exact) mass is 322 g/mol. The van der Waals surface area contributed by atoms with E-state index in [0.717, 1.165) is 37.9 Å². The molecule has 1 atom stereocenters. The Balaban J connectivity index is 0.000001000. The van der Waals surface area contributed by atoms with Crippen molar-refractivity contribution in [1.29, 1.82) is 0 Å². The molecule has 1 aliphatic carbocycles. The molecule has 0 spiro atoms. The number of aliphatic hydroxyl groups is 1. The van der Waals surface area contributed by atoms with Crippen LogP contribution in [0.1, 0.15) is 36.8 Å². The molecule has 4 nitrogen and oxygen atoms in total. The third kappa shape index (κ3) is 3.68. The maximum absolute atomic E-state index is 9.14. The molecule has 6 heteroatoms. The van der Waals surface area contributed by atoms with Crippen LogP contribution in [0.5, 0.6) is 0 Å². The SMILES string of the molecule is Cl.Cl.OCc1ccc([C@@H](C2CCC2)N2CCNCC2)o1. The first kappa shape index (κ1) is 17.8. The fourth-order valence-electron chi connectivity index (χ4n) is 3.06. The molecule has 1 aromatic rings. The Morgan fingerprint density at radius 2 is 1.95 bits per heavy atom. The fraction of sp³-hybridized carbons (Fsp3) is 0.714. The van der Waals surface area contributed by atoms with E-state index >= 15 is 0 Å². The lowest BCUT2D eigenvalue weighted by Crippen LogP contribution is -2.47. The zero-order valence-corrected chi connectivity index (χ0v) is 13.2. The third-order valence-electron chi connectivity index (χ3n) is 4.27. The van der Waals surface area contributed by atoms with Crippen LogP contribution in [0.3, 0.4) is 0 Å². The molecule has 3 rings (SSSR count). The molecular weight excluding hydrogens is 299 g/mol. The first-order valence-corrected chi connectivity index (χ1v) is 7.02. The van der Waals surface area contributed by atoms with Crippen molar-refractivity contribution in [2.24, 2.45) is 5.92 Å². The van der Waals surface area contributed by atoms with Crippen LogP contribution < -0.4 is 5.32 Å². The Morgan fingerprint density at radius 3 is 2.45 bits per heavy atom. The summed E-state index contributed by atoms with van der Waals surface area (Å²) in [5.41, 5.74) is 0. The van der Waals surface area contributed by atoms with Crippen LogP contribution in [0, 0.1) is 5.92 Å². The van der Waals surface area contributed by atoms with Crippen LogP contribution in [-0.2, 0) is 6.61 Å². The van der Waals surface area contributed by atoms with E-state index in [4.69, 9.17) is 9.52 Å². The normalized spacial score (nSPS) is 21.4. The maximum Gasteiger partial charge on any atom is 0.129 e. The second-order valence-electron chi connectivity index (χ2n) is 5.38. The van der Waals surface area contributed by atoms with Gasteiger partial charge < -0.3 is 14.8 Å². The molecule has 20 heavy (non-hydrogen) atoms. The van der Waals surface area contributed by atoms with Crippen molar-refractivity contribution in [3.63, 3.8) is 0 Å². The van der Waals surface area contributed by atoms with E-state index in [1.807, 2.05) is 6.07 Å². The molecule has 1 aromatic heterocycles. The van der Waals surface area contributed by atoms with Gasteiger partial charge in [0.25, 0.3) is 0 Å². The highest BCUT2D eigenvalue weighted by molar-refractivity contribution is 5.85. The van der Waals surface area contributed by atoms with E-state index in [1.54, 1.807) is 0 Å². The highest BCUT2D eigenvalue weighted by Gasteiger charge is 2.35. The fourth-order valence-corrected chi connectivity index (χ4v) is 3.06. The highest BCUT2D eigenvalue weighted by atomic mass is 35.5. The minimum Gasteiger partial charge on any atom is -0.462 e. The number of furan rings is 1. The molecule has 2 aliphatic rings. The molecule has 0 bridgehead atoms. The standard InChI is InChI=1S/C14H22N2O2.2ClH/c17-10-12-4-5-13(18-12)14(11-2-1-3-11)16-8-6-15-7-9-16;;/h4-5,11,14-15,17H,1-3,6-10H2;2*1H/t14-;;/m1../s1. The lowest BCUT2D eigenvalue weighted by Gasteiger charge is -2.41. The van der Waals surface area contributed by atoms with Crippen LogP contribution >= 0.6 is 24.8 Å². The molecule has 116 valence electrons. The van der Waals surface area contributed by atoms with E-state index in [2.05, 4.69) is 16.3 Å². The predicted octanol–water partition coefficient (Wildman–Crippen LogP) is 2.36. The minimum atomic E-state index is -0.00105. The van der Waals surface area contributed by atoms with Gasteiger partial charge in [-0.25, -0.2) is 0 Å². The molecule has 2 N–H and O–H groups in total. The Bertz CT molecular complexity index is 390. The van der Waals surface area contributed by atoms with Crippen LogP contribution in [-0.4, -0.2) is 36.2 Å². The number of nitrogens with zero attached hydrogens (tertiary/aromatic N) is 1. The van der Waals surface area contributed by atoms with Gasteiger partial charge in [0.2, 0.25) is 0 Å². The van der Waals surface area contributed by atoms with Crippen LogP contribution in [0.4, 0.5) is 0 Å². The molecule has 1 saturated heterocycles. The molecule has 2 fully saturated rings. The molecule has 0 aromatic carbocycles. The lowest BCUT2D eigenvalue weighted by molar-refractivity contribution is 0.0663. The quantitative estimate of drug-likeness (QED) is 0.893. The third-order valence-corrected chi connectivity index (χ3v) is 4.27. The number of piperazine rings is 1. The van der Waals surface area contributed by atoms with Gasteiger partial charge in [0.05, 0.1) is 6.04 Å². The smallest absolute Gasteiger partial charge is 0.129 e. The van der Waals surface area contributed by atoms with E-state index in [1.165, 1.54) is 19.3 Å². The topological polar surface area (TPSA) is 48.6 Å². The van der Waals surface area contributed by atoms with Crippen molar-refractivity contribution in [2.75, 3.05) is 26.2 Å². The summed E-state index contributed by atoms with van der Waals surface area (Å²) in [4.78, 5) is 2.54. The van der Waals surface area contributed by atoms with Crippen molar-refractivity contribution >= 4 is 24.8 Å². The summed E-state index contributed by atoms with van der Waals surface area (Å²) in [7, 11) is 0. The number of hydrogen-bond acceptors (Lipinski definition) is 4. The highest BCUT2D eigenvalue weighted by Crippen LogP contribution is 2.41. The second kappa shape index (κ2) is 8.25. The molecule has 1 aliphatic heterocycles. The summed E-state index contributed by atoms with van der Waals surface area (Å²) in [6, 6.07) is 4.38. The first-order valence-electron chi connectivity index (χ1n) is 7.02. The lowest BCUT2D eigenvalue weighted by atomic mass is 9.78. The largest absolute Gasteiger partial charge is 0.462 e.